The van der Waals surface area contributed by atoms with Crippen molar-refractivity contribution in [3.8, 4) is 0 Å². The van der Waals surface area contributed by atoms with Gasteiger partial charge in [-0.1, -0.05) is 35.9 Å². The minimum atomic E-state index is -0.296. The number of hydrogen-bond donors (Lipinski definition) is 1. The zero-order valence-electron chi connectivity index (χ0n) is 11.8. The topological polar surface area (TPSA) is 12.0 Å². The van der Waals surface area contributed by atoms with Crippen molar-refractivity contribution in [1.82, 2.24) is 5.32 Å². The van der Waals surface area contributed by atoms with Gasteiger partial charge in [0.2, 0.25) is 0 Å². The summed E-state index contributed by atoms with van der Waals surface area (Å²) in [5.74, 6) is 0.814. The highest BCUT2D eigenvalue weighted by atomic mass is 35.5. The highest BCUT2D eigenvalue weighted by Gasteiger charge is 2.22. The highest BCUT2D eigenvalue weighted by molar-refractivity contribution is 7.99. The van der Waals surface area contributed by atoms with Gasteiger partial charge in [0.1, 0.15) is 5.82 Å². The van der Waals surface area contributed by atoms with Crippen LogP contribution in [-0.2, 0) is 0 Å². The van der Waals surface area contributed by atoms with Crippen LogP contribution in [0, 0.1) is 5.82 Å². The molecule has 1 aliphatic rings. The van der Waals surface area contributed by atoms with Crippen molar-refractivity contribution in [3.05, 3.63) is 64.4 Å². The Hall–Kier alpha value is -1.03. The number of benzene rings is 2. The van der Waals surface area contributed by atoms with Crippen molar-refractivity contribution in [2.75, 3.05) is 5.75 Å². The SMILES string of the molecule is CC(NC1CCSc2ccccc21)c1ccc(F)cc1Cl. The van der Waals surface area contributed by atoms with Crippen LogP contribution in [0.5, 0.6) is 0 Å². The van der Waals surface area contributed by atoms with E-state index >= 15 is 0 Å². The van der Waals surface area contributed by atoms with Crippen molar-refractivity contribution < 1.29 is 4.39 Å². The maximum Gasteiger partial charge on any atom is 0.124 e. The fraction of sp³-hybridized carbons (Fsp3) is 0.294. The molecule has 0 radical (unpaired) electrons. The summed E-state index contributed by atoms with van der Waals surface area (Å²) in [5.41, 5.74) is 2.28. The molecule has 1 N–H and O–H groups in total. The Morgan fingerprint density at radius 2 is 2.10 bits per heavy atom. The van der Waals surface area contributed by atoms with Crippen molar-refractivity contribution in [1.29, 1.82) is 0 Å². The Morgan fingerprint density at radius 1 is 1.29 bits per heavy atom. The van der Waals surface area contributed by atoms with Crippen LogP contribution in [0.4, 0.5) is 4.39 Å². The molecule has 1 aliphatic heterocycles. The Labute approximate surface area is 133 Å². The molecule has 3 rings (SSSR count). The third kappa shape index (κ3) is 3.25. The van der Waals surface area contributed by atoms with Crippen LogP contribution in [0.15, 0.2) is 47.4 Å². The van der Waals surface area contributed by atoms with Gasteiger partial charge in [0.15, 0.2) is 0 Å². The number of nitrogens with one attached hydrogen (secondary N) is 1. The quantitative estimate of drug-likeness (QED) is 0.816. The molecule has 0 aliphatic carbocycles. The van der Waals surface area contributed by atoms with Crippen molar-refractivity contribution in [3.63, 3.8) is 0 Å². The predicted octanol–water partition coefficient (Wildman–Crippen LogP) is 5.37. The molecule has 110 valence electrons. The summed E-state index contributed by atoms with van der Waals surface area (Å²) in [6, 6.07) is 13.5. The second-order valence-corrected chi connectivity index (χ2v) is 6.83. The van der Waals surface area contributed by atoms with Gasteiger partial charge in [0.05, 0.1) is 0 Å². The second kappa shape index (κ2) is 6.39. The minimum Gasteiger partial charge on any atom is -0.303 e. The van der Waals surface area contributed by atoms with Crippen LogP contribution in [0.25, 0.3) is 0 Å². The first kappa shape index (κ1) is 14.9. The standard InChI is InChI=1S/C17H17ClFNS/c1-11(13-7-6-12(19)10-15(13)18)20-16-8-9-21-17-5-3-2-4-14(16)17/h2-7,10-11,16,20H,8-9H2,1H3. The van der Waals surface area contributed by atoms with E-state index in [0.29, 0.717) is 11.1 Å². The lowest BCUT2D eigenvalue weighted by Crippen LogP contribution is -2.27. The first-order valence-electron chi connectivity index (χ1n) is 7.08. The monoisotopic (exact) mass is 321 g/mol. The molecular weight excluding hydrogens is 305 g/mol. The lowest BCUT2D eigenvalue weighted by molar-refractivity contribution is 0.450. The number of fused-ring (bicyclic) bond motifs is 1. The lowest BCUT2D eigenvalue weighted by atomic mass is 10.0. The largest absolute Gasteiger partial charge is 0.303 e. The number of hydrogen-bond acceptors (Lipinski definition) is 2. The molecule has 2 unspecified atom stereocenters. The van der Waals surface area contributed by atoms with E-state index in [1.54, 1.807) is 6.07 Å². The fourth-order valence-corrected chi connectivity index (χ4v) is 4.22. The van der Waals surface area contributed by atoms with E-state index in [1.807, 2.05) is 11.8 Å². The van der Waals surface area contributed by atoms with E-state index in [-0.39, 0.29) is 11.9 Å². The maximum absolute atomic E-state index is 13.2. The zero-order valence-corrected chi connectivity index (χ0v) is 13.3. The first-order chi connectivity index (χ1) is 10.1. The Morgan fingerprint density at radius 3 is 2.90 bits per heavy atom. The van der Waals surface area contributed by atoms with E-state index < -0.39 is 0 Å². The van der Waals surface area contributed by atoms with Crippen LogP contribution in [0.1, 0.15) is 36.6 Å². The van der Waals surface area contributed by atoms with Gasteiger partial charge in [-0.3, -0.25) is 0 Å². The summed E-state index contributed by atoms with van der Waals surface area (Å²) >= 11 is 8.06. The normalized spacial score (nSPS) is 19.1. The predicted molar refractivity (Wildman–Crippen MR) is 87.5 cm³/mol. The molecule has 0 saturated heterocycles. The molecule has 1 nitrogen and oxygen atoms in total. The van der Waals surface area contributed by atoms with E-state index in [4.69, 9.17) is 11.6 Å². The molecule has 0 spiro atoms. The van der Waals surface area contributed by atoms with E-state index in [2.05, 4.69) is 36.5 Å². The molecule has 0 fully saturated rings. The van der Waals surface area contributed by atoms with Gasteiger partial charge in [-0.2, -0.15) is 0 Å². The summed E-state index contributed by atoms with van der Waals surface area (Å²) in [4.78, 5) is 1.35. The summed E-state index contributed by atoms with van der Waals surface area (Å²) in [5, 5.41) is 4.11. The Bertz CT molecular complexity index is 646. The van der Waals surface area contributed by atoms with Crippen LogP contribution in [0.3, 0.4) is 0 Å². The molecular formula is C17H17ClFNS. The van der Waals surface area contributed by atoms with Gasteiger partial charge in [-0.25, -0.2) is 4.39 Å². The molecule has 21 heavy (non-hydrogen) atoms. The number of rotatable bonds is 3. The van der Waals surface area contributed by atoms with E-state index in [1.165, 1.54) is 22.6 Å². The molecule has 2 aromatic carbocycles. The number of thioether (sulfide) groups is 1. The van der Waals surface area contributed by atoms with E-state index in [0.717, 1.165) is 17.7 Å². The fourth-order valence-electron chi connectivity index (χ4n) is 2.76. The maximum atomic E-state index is 13.2. The van der Waals surface area contributed by atoms with Crippen LogP contribution < -0.4 is 5.32 Å². The average Bonchev–Trinajstić information content (AvgIpc) is 2.47. The van der Waals surface area contributed by atoms with Crippen LogP contribution in [0.2, 0.25) is 5.02 Å². The lowest BCUT2D eigenvalue weighted by Gasteiger charge is -2.29. The third-order valence-electron chi connectivity index (χ3n) is 3.84. The molecule has 2 aromatic rings. The summed E-state index contributed by atoms with van der Waals surface area (Å²) in [6.07, 6.45) is 1.09. The Balaban J connectivity index is 1.81. The molecule has 0 bridgehead atoms. The summed E-state index contributed by atoms with van der Waals surface area (Å²) in [7, 11) is 0. The molecule has 4 heteroatoms. The molecule has 2 atom stereocenters. The summed E-state index contributed by atoms with van der Waals surface area (Å²) in [6.45, 7) is 2.07. The van der Waals surface area contributed by atoms with Crippen molar-refractivity contribution in [2.24, 2.45) is 0 Å². The minimum absolute atomic E-state index is 0.0826. The van der Waals surface area contributed by atoms with Crippen molar-refractivity contribution >= 4 is 23.4 Å². The average molecular weight is 322 g/mol. The highest BCUT2D eigenvalue weighted by Crippen LogP contribution is 2.37. The van der Waals surface area contributed by atoms with Gasteiger partial charge in [-0.15, -0.1) is 11.8 Å². The van der Waals surface area contributed by atoms with Gasteiger partial charge in [0.25, 0.3) is 0 Å². The van der Waals surface area contributed by atoms with Crippen molar-refractivity contribution in [2.45, 2.75) is 30.3 Å². The van der Waals surface area contributed by atoms with Gasteiger partial charge in [-0.05, 0) is 48.4 Å². The molecule has 0 amide bonds. The molecule has 0 saturated carbocycles. The second-order valence-electron chi connectivity index (χ2n) is 5.28. The van der Waals surface area contributed by atoms with Crippen LogP contribution in [-0.4, -0.2) is 5.75 Å². The van der Waals surface area contributed by atoms with E-state index in [9.17, 15) is 4.39 Å². The van der Waals surface area contributed by atoms with Crippen LogP contribution >= 0.6 is 23.4 Å². The summed E-state index contributed by atoms with van der Waals surface area (Å²) < 4.78 is 13.2. The number of halogens is 2. The molecule has 1 heterocycles. The Kier molecular flexibility index (Phi) is 4.53. The van der Waals surface area contributed by atoms with Gasteiger partial charge in [0, 0.05) is 22.0 Å². The van der Waals surface area contributed by atoms with Gasteiger partial charge < -0.3 is 5.32 Å². The zero-order chi connectivity index (χ0) is 14.8. The third-order valence-corrected chi connectivity index (χ3v) is 5.29. The van der Waals surface area contributed by atoms with Gasteiger partial charge >= 0.3 is 0 Å². The first-order valence-corrected chi connectivity index (χ1v) is 8.44. The smallest absolute Gasteiger partial charge is 0.124 e. The molecule has 0 aromatic heterocycles.